The summed E-state index contributed by atoms with van der Waals surface area (Å²) in [5.74, 6) is 0. The molecule has 4 N–H and O–H groups in total. The summed E-state index contributed by atoms with van der Waals surface area (Å²) < 4.78 is 0. The second-order valence-electron chi connectivity index (χ2n) is 2.72. The molecule has 0 aromatic carbocycles. The first-order chi connectivity index (χ1) is 4.68. The molecule has 0 aromatic rings. The van der Waals surface area contributed by atoms with Gasteiger partial charge in [0.2, 0.25) is 0 Å². The standard InChI is InChI=1S/C6H12N2O2/c7-4-1-2-5(3-4)8-6(9)10/h4-5,8H,1-3,7H2,(H,9,10)/t4-,5?/m1/s1. The molecule has 0 saturated heterocycles. The maximum atomic E-state index is 10.1. The van der Waals surface area contributed by atoms with E-state index in [1.165, 1.54) is 0 Å². The lowest BCUT2D eigenvalue weighted by Crippen LogP contribution is -2.32. The molecule has 1 amide bonds. The van der Waals surface area contributed by atoms with Gasteiger partial charge in [-0.25, -0.2) is 4.79 Å². The fraction of sp³-hybridized carbons (Fsp3) is 0.833. The molecule has 1 aliphatic carbocycles. The normalized spacial score (nSPS) is 32.1. The zero-order valence-corrected chi connectivity index (χ0v) is 5.71. The Morgan fingerprint density at radius 3 is 2.70 bits per heavy atom. The van der Waals surface area contributed by atoms with Gasteiger partial charge in [-0.2, -0.15) is 0 Å². The third-order valence-corrected chi connectivity index (χ3v) is 1.80. The van der Waals surface area contributed by atoms with Gasteiger partial charge in [0.25, 0.3) is 0 Å². The number of carboxylic acid groups (broad SMARTS) is 1. The van der Waals surface area contributed by atoms with E-state index in [0.717, 1.165) is 19.3 Å². The van der Waals surface area contributed by atoms with E-state index >= 15 is 0 Å². The van der Waals surface area contributed by atoms with Crippen LogP contribution in [0.1, 0.15) is 19.3 Å². The minimum atomic E-state index is -0.945. The first kappa shape index (κ1) is 7.34. The average Bonchev–Trinajstić information content (AvgIpc) is 2.13. The van der Waals surface area contributed by atoms with E-state index in [9.17, 15) is 4.79 Å². The SMILES string of the molecule is N[C@@H]1CCC(NC(=O)O)C1. The van der Waals surface area contributed by atoms with Gasteiger partial charge in [-0.15, -0.1) is 0 Å². The molecule has 0 spiro atoms. The summed E-state index contributed by atoms with van der Waals surface area (Å²) in [5, 5.41) is 10.7. The zero-order valence-electron chi connectivity index (χ0n) is 5.71. The van der Waals surface area contributed by atoms with Gasteiger partial charge >= 0.3 is 6.09 Å². The van der Waals surface area contributed by atoms with Crippen molar-refractivity contribution in [2.75, 3.05) is 0 Å². The Morgan fingerprint density at radius 2 is 2.30 bits per heavy atom. The maximum Gasteiger partial charge on any atom is 0.404 e. The highest BCUT2D eigenvalue weighted by atomic mass is 16.4. The monoisotopic (exact) mass is 144 g/mol. The molecular weight excluding hydrogens is 132 g/mol. The summed E-state index contributed by atoms with van der Waals surface area (Å²) in [6.45, 7) is 0. The van der Waals surface area contributed by atoms with Crippen molar-refractivity contribution in [1.82, 2.24) is 5.32 Å². The number of rotatable bonds is 1. The number of amides is 1. The van der Waals surface area contributed by atoms with Crippen molar-refractivity contribution in [2.45, 2.75) is 31.3 Å². The molecule has 0 bridgehead atoms. The van der Waals surface area contributed by atoms with Crippen molar-refractivity contribution in [3.05, 3.63) is 0 Å². The van der Waals surface area contributed by atoms with Crippen LogP contribution < -0.4 is 11.1 Å². The van der Waals surface area contributed by atoms with Gasteiger partial charge in [0.15, 0.2) is 0 Å². The summed E-state index contributed by atoms with van der Waals surface area (Å²) in [7, 11) is 0. The summed E-state index contributed by atoms with van der Waals surface area (Å²) in [6.07, 6.45) is 1.66. The summed E-state index contributed by atoms with van der Waals surface area (Å²) in [6, 6.07) is 0.282. The lowest BCUT2D eigenvalue weighted by molar-refractivity contribution is 0.190. The molecule has 1 saturated carbocycles. The molecule has 4 nitrogen and oxygen atoms in total. The smallest absolute Gasteiger partial charge is 0.404 e. The Kier molecular flexibility index (Phi) is 2.11. The van der Waals surface area contributed by atoms with E-state index in [-0.39, 0.29) is 12.1 Å². The first-order valence-corrected chi connectivity index (χ1v) is 3.43. The molecule has 0 radical (unpaired) electrons. The number of nitrogens with two attached hydrogens (primary N) is 1. The van der Waals surface area contributed by atoms with Crippen LogP contribution in [0, 0.1) is 0 Å². The van der Waals surface area contributed by atoms with Crippen LogP contribution in [0.2, 0.25) is 0 Å². The van der Waals surface area contributed by atoms with Crippen LogP contribution in [-0.4, -0.2) is 23.3 Å². The van der Waals surface area contributed by atoms with Crippen LogP contribution in [0.3, 0.4) is 0 Å². The van der Waals surface area contributed by atoms with E-state index in [1.54, 1.807) is 0 Å². The Morgan fingerprint density at radius 1 is 1.60 bits per heavy atom. The molecule has 58 valence electrons. The predicted molar refractivity (Wildman–Crippen MR) is 36.8 cm³/mol. The molecule has 1 aliphatic rings. The van der Waals surface area contributed by atoms with Gasteiger partial charge in [-0.05, 0) is 19.3 Å². The highest BCUT2D eigenvalue weighted by Gasteiger charge is 2.22. The van der Waals surface area contributed by atoms with Crippen molar-refractivity contribution in [3.63, 3.8) is 0 Å². The minimum absolute atomic E-state index is 0.0903. The van der Waals surface area contributed by atoms with Gasteiger partial charge in [0.05, 0.1) is 0 Å². The minimum Gasteiger partial charge on any atom is -0.465 e. The summed E-state index contributed by atoms with van der Waals surface area (Å²) >= 11 is 0. The van der Waals surface area contributed by atoms with Gasteiger partial charge in [0, 0.05) is 12.1 Å². The van der Waals surface area contributed by atoms with E-state index in [4.69, 9.17) is 10.8 Å². The van der Waals surface area contributed by atoms with E-state index in [2.05, 4.69) is 5.32 Å². The van der Waals surface area contributed by atoms with Crippen molar-refractivity contribution in [3.8, 4) is 0 Å². The Hall–Kier alpha value is -0.770. The second kappa shape index (κ2) is 2.88. The average molecular weight is 144 g/mol. The Balaban J connectivity index is 2.24. The quantitative estimate of drug-likeness (QED) is 0.489. The fourth-order valence-electron chi connectivity index (χ4n) is 1.32. The maximum absolute atomic E-state index is 10.1. The van der Waals surface area contributed by atoms with Crippen LogP contribution in [0.15, 0.2) is 0 Å². The van der Waals surface area contributed by atoms with Crippen molar-refractivity contribution >= 4 is 6.09 Å². The second-order valence-corrected chi connectivity index (χ2v) is 2.72. The van der Waals surface area contributed by atoms with Crippen molar-refractivity contribution in [2.24, 2.45) is 5.73 Å². The van der Waals surface area contributed by atoms with Crippen LogP contribution in [0.5, 0.6) is 0 Å². The van der Waals surface area contributed by atoms with E-state index in [1.807, 2.05) is 0 Å². The molecule has 0 aromatic heterocycles. The summed E-state index contributed by atoms with van der Waals surface area (Å²) in [4.78, 5) is 10.1. The molecule has 1 rings (SSSR count). The van der Waals surface area contributed by atoms with E-state index < -0.39 is 6.09 Å². The van der Waals surface area contributed by atoms with Crippen molar-refractivity contribution in [1.29, 1.82) is 0 Å². The van der Waals surface area contributed by atoms with Gasteiger partial charge in [-0.1, -0.05) is 0 Å². The fourth-order valence-corrected chi connectivity index (χ4v) is 1.32. The molecule has 1 unspecified atom stereocenters. The molecule has 0 heterocycles. The van der Waals surface area contributed by atoms with Crippen LogP contribution in [0.25, 0.3) is 0 Å². The largest absolute Gasteiger partial charge is 0.465 e. The topological polar surface area (TPSA) is 75.3 Å². The molecule has 4 heteroatoms. The third-order valence-electron chi connectivity index (χ3n) is 1.80. The molecular formula is C6H12N2O2. The first-order valence-electron chi connectivity index (χ1n) is 3.43. The highest BCUT2D eigenvalue weighted by Crippen LogP contribution is 2.16. The molecule has 2 atom stereocenters. The molecule has 0 aliphatic heterocycles. The number of carbonyl (C=O) groups is 1. The third kappa shape index (κ3) is 1.88. The van der Waals surface area contributed by atoms with Crippen molar-refractivity contribution < 1.29 is 9.90 Å². The van der Waals surface area contributed by atoms with E-state index in [0.29, 0.717) is 0 Å². The zero-order chi connectivity index (χ0) is 7.56. The number of hydrogen-bond acceptors (Lipinski definition) is 2. The van der Waals surface area contributed by atoms with Crippen LogP contribution in [0.4, 0.5) is 4.79 Å². The van der Waals surface area contributed by atoms with Crippen LogP contribution in [-0.2, 0) is 0 Å². The number of nitrogens with one attached hydrogen (secondary N) is 1. The number of hydrogen-bond donors (Lipinski definition) is 3. The lowest BCUT2D eigenvalue weighted by Gasteiger charge is -2.07. The molecule has 10 heavy (non-hydrogen) atoms. The van der Waals surface area contributed by atoms with Gasteiger partial charge in [0.1, 0.15) is 0 Å². The summed E-state index contributed by atoms with van der Waals surface area (Å²) in [5.41, 5.74) is 5.57. The highest BCUT2D eigenvalue weighted by molar-refractivity contribution is 5.64. The van der Waals surface area contributed by atoms with Gasteiger partial charge < -0.3 is 16.2 Å². The molecule has 1 fully saturated rings. The van der Waals surface area contributed by atoms with Gasteiger partial charge in [-0.3, -0.25) is 0 Å². The van der Waals surface area contributed by atoms with Crippen LogP contribution >= 0.6 is 0 Å². The Bertz CT molecular complexity index is 138. The predicted octanol–water partition coefficient (Wildman–Crippen LogP) is 0.134. The Labute approximate surface area is 59.4 Å². The lowest BCUT2D eigenvalue weighted by atomic mass is 10.2.